The van der Waals surface area contributed by atoms with E-state index in [0.29, 0.717) is 43.4 Å². The number of hydrogen-bond acceptors (Lipinski definition) is 6. The maximum absolute atomic E-state index is 13.2. The third-order valence-corrected chi connectivity index (χ3v) is 5.96. The van der Waals surface area contributed by atoms with Crippen LogP contribution >= 0.6 is 0 Å². The number of anilines is 2. The second-order valence-corrected chi connectivity index (χ2v) is 9.13. The van der Waals surface area contributed by atoms with Gasteiger partial charge in [0.2, 0.25) is 5.91 Å². The molecule has 1 aromatic carbocycles. The van der Waals surface area contributed by atoms with E-state index in [-0.39, 0.29) is 24.7 Å². The molecule has 2 aromatic rings. The first kappa shape index (κ1) is 28.7. The summed E-state index contributed by atoms with van der Waals surface area (Å²) in [5, 5.41) is 14.7. The van der Waals surface area contributed by atoms with Crippen molar-refractivity contribution < 1.29 is 27.3 Å². The highest BCUT2D eigenvalue weighted by molar-refractivity contribution is 6.01. The molecular formula is C25H34F3N8O2+. The highest BCUT2D eigenvalue weighted by atomic mass is 19.4. The molecule has 1 aliphatic rings. The Kier molecular flexibility index (Phi) is 9.48. The first-order valence-corrected chi connectivity index (χ1v) is 12.4. The number of nitrogens with one attached hydrogen (secondary N) is 2. The molecule has 0 fully saturated rings. The van der Waals surface area contributed by atoms with Gasteiger partial charge in [0.1, 0.15) is 5.69 Å². The number of rotatable bonds is 11. The number of alkyl halides is 3. The number of likely N-dealkylation sites (N-methyl/N-ethyl adjacent to an activating group) is 1. The molecule has 1 aliphatic heterocycles. The molecule has 2 heterocycles. The van der Waals surface area contributed by atoms with Crippen LogP contribution < -0.4 is 25.0 Å². The fraction of sp³-hybridized carbons (Fsp3) is 0.480. The van der Waals surface area contributed by atoms with Crippen LogP contribution in [-0.2, 0) is 22.7 Å². The normalized spacial score (nSPS) is 13.5. The molecule has 38 heavy (non-hydrogen) atoms. The fourth-order valence-electron chi connectivity index (χ4n) is 4.06. The Morgan fingerprint density at radius 3 is 2.50 bits per heavy atom. The minimum Gasteiger partial charge on any atom is -0.389 e. The van der Waals surface area contributed by atoms with Gasteiger partial charge in [-0.2, -0.15) is 13.2 Å². The van der Waals surface area contributed by atoms with E-state index in [1.165, 1.54) is 13.0 Å². The van der Waals surface area contributed by atoms with E-state index in [1.54, 1.807) is 24.1 Å². The number of benzene rings is 1. The van der Waals surface area contributed by atoms with Gasteiger partial charge in [-0.25, -0.2) is 9.13 Å². The lowest BCUT2D eigenvalue weighted by Gasteiger charge is -2.35. The van der Waals surface area contributed by atoms with Gasteiger partial charge in [-0.15, -0.1) is 0 Å². The molecule has 0 saturated heterocycles. The van der Waals surface area contributed by atoms with Crippen LogP contribution in [-0.4, -0.2) is 55.8 Å². The number of nitrogens with zero attached hydrogens (tertiary/aromatic N) is 6. The Balaban J connectivity index is 1.86. The monoisotopic (exact) mass is 535 g/mol. The smallest absolute Gasteiger partial charge is 0.389 e. The van der Waals surface area contributed by atoms with Gasteiger partial charge in [0, 0.05) is 51.0 Å². The second-order valence-electron chi connectivity index (χ2n) is 9.13. The van der Waals surface area contributed by atoms with Crippen molar-refractivity contribution in [1.82, 2.24) is 15.2 Å². The van der Waals surface area contributed by atoms with E-state index in [0.717, 1.165) is 23.6 Å². The van der Waals surface area contributed by atoms with E-state index >= 15 is 0 Å². The number of carbonyl (C=O) groups excluding carboxylic acids is 2. The van der Waals surface area contributed by atoms with Crippen LogP contribution in [0, 0.1) is 0 Å². The van der Waals surface area contributed by atoms with Crippen LogP contribution in [0.25, 0.3) is 0 Å². The zero-order valence-electron chi connectivity index (χ0n) is 21.9. The molecule has 1 aromatic heterocycles. The zero-order chi connectivity index (χ0) is 27.9. The molecule has 0 aliphatic carbocycles. The Hall–Kier alpha value is -3.90. The van der Waals surface area contributed by atoms with Gasteiger partial charge in [0.25, 0.3) is 0 Å². The SMILES string of the molecule is C=C(C)NCCCn1cc[n+](CCCNC(C)=O)c1N=Nc1ccc2c(c1)N(C(=O)C(F)(F)F)CCN2C. The number of carbonyl (C=O) groups is 2. The summed E-state index contributed by atoms with van der Waals surface area (Å²) in [5.74, 6) is -1.45. The van der Waals surface area contributed by atoms with Crippen molar-refractivity contribution in [2.45, 2.75) is 46.0 Å². The van der Waals surface area contributed by atoms with Crippen LogP contribution in [0.5, 0.6) is 0 Å². The van der Waals surface area contributed by atoms with Crippen molar-refractivity contribution in [2.75, 3.05) is 43.0 Å². The summed E-state index contributed by atoms with van der Waals surface area (Å²) in [6.45, 7) is 9.83. The summed E-state index contributed by atoms with van der Waals surface area (Å²) in [7, 11) is 1.76. The molecule has 0 saturated carbocycles. The number of azo groups is 1. The molecule has 10 nitrogen and oxygen atoms in total. The Morgan fingerprint density at radius 1 is 1.08 bits per heavy atom. The number of aromatic nitrogens is 2. The van der Waals surface area contributed by atoms with Crippen LogP contribution in [0.3, 0.4) is 0 Å². The zero-order valence-corrected chi connectivity index (χ0v) is 21.9. The lowest BCUT2D eigenvalue weighted by molar-refractivity contribution is -0.683. The maximum atomic E-state index is 13.2. The minimum atomic E-state index is -4.98. The number of imidazole rings is 1. The average molecular weight is 536 g/mol. The summed E-state index contributed by atoms with van der Waals surface area (Å²) < 4.78 is 43.5. The highest BCUT2D eigenvalue weighted by Crippen LogP contribution is 2.37. The lowest BCUT2D eigenvalue weighted by Crippen LogP contribution is -2.48. The van der Waals surface area contributed by atoms with E-state index in [1.807, 2.05) is 28.5 Å². The summed E-state index contributed by atoms with van der Waals surface area (Å²) in [6, 6.07) is 4.75. The van der Waals surface area contributed by atoms with E-state index in [9.17, 15) is 22.8 Å². The van der Waals surface area contributed by atoms with Crippen molar-refractivity contribution in [3.05, 3.63) is 42.9 Å². The predicted octanol–water partition coefficient (Wildman–Crippen LogP) is 3.58. The first-order valence-electron chi connectivity index (χ1n) is 12.4. The third kappa shape index (κ3) is 7.56. The molecule has 0 bridgehead atoms. The molecule has 206 valence electrons. The quantitative estimate of drug-likeness (QED) is 0.261. The number of halogens is 3. The van der Waals surface area contributed by atoms with Crippen LogP contribution in [0.4, 0.5) is 36.2 Å². The van der Waals surface area contributed by atoms with E-state index in [2.05, 4.69) is 27.4 Å². The van der Waals surface area contributed by atoms with Crippen LogP contribution in [0.15, 0.2) is 53.1 Å². The van der Waals surface area contributed by atoms with Crippen molar-refractivity contribution in [1.29, 1.82) is 0 Å². The number of amides is 2. The van der Waals surface area contributed by atoms with Crippen molar-refractivity contribution in [2.24, 2.45) is 10.2 Å². The van der Waals surface area contributed by atoms with Gasteiger partial charge in [-0.05, 0) is 38.0 Å². The van der Waals surface area contributed by atoms with Gasteiger partial charge < -0.3 is 20.4 Å². The van der Waals surface area contributed by atoms with Crippen molar-refractivity contribution in [3.8, 4) is 0 Å². The van der Waals surface area contributed by atoms with Gasteiger partial charge in [-0.3, -0.25) is 9.59 Å². The molecular weight excluding hydrogens is 501 g/mol. The minimum absolute atomic E-state index is 0.0855. The van der Waals surface area contributed by atoms with Crippen molar-refractivity contribution >= 4 is 34.8 Å². The largest absolute Gasteiger partial charge is 0.471 e. The maximum Gasteiger partial charge on any atom is 0.471 e. The molecule has 0 spiro atoms. The molecule has 0 radical (unpaired) electrons. The number of allylic oxidation sites excluding steroid dienone is 1. The second kappa shape index (κ2) is 12.6. The van der Waals surface area contributed by atoms with Gasteiger partial charge in [-0.1, -0.05) is 11.7 Å². The lowest BCUT2D eigenvalue weighted by atomic mass is 10.1. The number of hydrogen-bond donors (Lipinski definition) is 2. The topological polar surface area (TPSA) is 98.2 Å². The summed E-state index contributed by atoms with van der Waals surface area (Å²) >= 11 is 0. The molecule has 3 rings (SSSR count). The predicted molar refractivity (Wildman–Crippen MR) is 138 cm³/mol. The molecule has 2 N–H and O–H groups in total. The molecule has 2 amide bonds. The standard InChI is InChI=1S/C25H33F3N8O2/c1-18(2)29-9-5-11-34-14-15-35(12-6-10-30-19(3)37)24(34)32-31-20-7-8-21-22(17-20)36(16-13-33(21)4)23(38)25(26,27)28/h7-8,14-15,17,29H,1,5-6,9-13,16H2,2-4H3/p+1. The third-order valence-electron chi connectivity index (χ3n) is 5.96. The van der Waals surface area contributed by atoms with E-state index < -0.39 is 12.1 Å². The molecule has 0 unspecified atom stereocenters. The Labute approximate surface area is 219 Å². The number of aryl methyl sites for hydroxylation is 2. The Bertz CT molecular complexity index is 1150. The van der Waals surface area contributed by atoms with Crippen molar-refractivity contribution in [3.63, 3.8) is 0 Å². The van der Waals surface area contributed by atoms with Gasteiger partial charge in [0.05, 0.1) is 36.9 Å². The number of fused-ring (bicyclic) bond motifs is 1. The Morgan fingerprint density at radius 2 is 1.82 bits per heavy atom. The van der Waals surface area contributed by atoms with Gasteiger partial charge in [0.15, 0.2) is 0 Å². The fourth-order valence-corrected chi connectivity index (χ4v) is 4.06. The molecule has 0 atom stereocenters. The van der Waals surface area contributed by atoms with E-state index in [4.69, 9.17) is 0 Å². The van der Waals surface area contributed by atoms with Crippen LogP contribution in [0.1, 0.15) is 26.7 Å². The van der Waals surface area contributed by atoms with Gasteiger partial charge >= 0.3 is 18.0 Å². The highest BCUT2D eigenvalue weighted by Gasteiger charge is 2.44. The first-order chi connectivity index (χ1) is 18.0. The summed E-state index contributed by atoms with van der Waals surface area (Å²) in [6.07, 6.45) is 0.260. The average Bonchev–Trinajstić information content (AvgIpc) is 3.23. The molecule has 13 heteroatoms. The summed E-state index contributed by atoms with van der Waals surface area (Å²) in [5.41, 5.74) is 1.85. The summed E-state index contributed by atoms with van der Waals surface area (Å²) in [4.78, 5) is 25.8. The van der Waals surface area contributed by atoms with Crippen LogP contribution in [0.2, 0.25) is 0 Å².